The predicted octanol–water partition coefficient (Wildman–Crippen LogP) is 5.65. The molecular formula is C19H40B2. The van der Waals surface area contributed by atoms with Gasteiger partial charge in [-0.25, -0.2) is 0 Å². The fourth-order valence-electron chi connectivity index (χ4n) is 4.81. The predicted molar refractivity (Wildman–Crippen MR) is 103 cm³/mol. The van der Waals surface area contributed by atoms with Crippen LogP contribution in [0.4, 0.5) is 0 Å². The molecule has 0 aromatic rings. The minimum atomic E-state index is 0.432. The van der Waals surface area contributed by atoms with Crippen LogP contribution in [0.3, 0.4) is 0 Å². The van der Waals surface area contributed by atoms with Gasteiger partial charge in [0, 0.05) is 0 Å². The SMILES string of the molecule is BC1(C(C)(C)BC(C)(C)C)CCCC(C)(C(C)C)CCC1. The van der Waals surface area contributed by atoms with Gasteiger partial charge >= 0.3 is 0 Å². The third-order valence-corrected chi connectivity index (χ3v) is 6.95. The Bertz CT molecular complexity index is 326. The largest absolute Gasteiger partial charge is 0.133 e. The van der Waals surface area contributed by atoms with Crippen molar-refractivity contribution < 1.29 is 0 Å². The Kier molecular flexibility index (Phi) is 5.78. The Balaban J connectivity index is 2.81. The molecule has 0 aromatic heterocycles. The van der Waals surface area contributed by atoms with Gasteiger partial charge in [0.1, 0.15) is 15.1 Å². The Morgan fingerprint density at radius 3 is 1.67 bits per heavy atom. The highest BCUT2D eigenvalue weighted by atomic mass is 14.4. The summed E-state index contributed by atoms with van der Waals surface area (Å²) in [5, 5.41) is 1.39. The monoisotopic (exact) mass is 290 g/mol. The molecule has 0 amide bonds. The number of hydrogen-bond donors (Lipinski definition) is 0. The van der Waals surface area contributed by atoms with E-state index >= 15 is 0 Å². The first-order valence-corrected chi connectivity index (χ1v) is 9.31. The smallest absolute Gasteiger partial charge is 0.0671 e. The molecule has 0 unspecified atom stereocenters. The lowest BCUT2D eigenvalue weighted by Gasteiger charge is -2.50. The molecule has 2 heteroatoms. The normalized spacial score (nSPS) is 32.6. The zero-order valence-corrected chi connectivity index (χ0v) is 16.5. The van der Waals surface area contributed by atoms with Gasteiger partial charge in [0.05, 0.1) is 0 Å². The van der Waals surface area contributed by atoms with Crippen molar-refractivity contribution >= 4 is 15.1 Å². The van der Waals surface area contributed by atoms with Crippen LogP contribution < -0.4 is 0 Å². The molecule has 0 heterocycles. The van der Waals surface area contributed by atoms with Gasteiger partial charge < -0.3 is 0 Å². The molecule has 122 valence electrons. The van der Waals surface area contributed by atoms with Gasteiger partial charge in [-0.15, -0.1) is 0 Å². The van der Waals surface area contributed by atoms with E-state index < -0.39 is 0 Å². The van der Waals surface area contributed by atoms with Crippen LogP contribution >= 0.6 is 0 Å². The van der Waals surface area contributed by atoms with E-state index in [1.165, 1.54) is 45.8 Å². The van der Waals surface area contributed by atoms with E-state index in [0.29, 0.717) is 21.4 Å². The second-order valence-corrected chi connectivity index (χ2v) is 10.7. The molecule has 0 bridgehead atoms. The maximum atomic E-state index is 2.58. The fraction of sp³-hybridized carbons (Fsp3) is 1.00. The van der Waals surface area contributed by atoms with Gasteiger partial charge in [0.25, 0.3) is 0 Å². The Morgan fingerprint density at radius 1 is 0.905 bits per heavy atom. The topological polar surface area (TPSA) is 0 Å². The first-order valence-electron chi connectivity index (χ1n) is 9.31. The minimum Gasteiger partial charge on any atom is -0.0671 e. The van der Waals surface area contributed by atoms with Gasteiger partial charge in [-0.3, -0.25) is 0 Å². The van der Waals surface area contributed by atoms with E-state index in [4.69, 9.17) is 0 Å². The van der Waals surface area contributed by atoms with Gasteiger partial charge in [0.15, 0.2) is 0 Å². The van der Waals surface area contributed by atoms with Crippen LogP contribution in [0.5, 0.6) is 0 Å². The molecule has 0 spiro atoms. The summed E-state index contributed by atoms with van der Waals surface area (Å²) in [5.74, 6) is 0.824. The van der Waals surface area contributed by atoms with Gasteiger partial charge in [-0.1, -0.05) is 97.0 Å². The fourth-order valence-corrected chi connectivity index (χ4v) is 4.81. The summed E-state index contributed by atoms with van der Waals surface area (Å²) in [4.78, 5) is 0. The third-order valence-electron chi connectivity index (χ3n) is 6.95. The molecule has 0 saturated heterocycles. The van der Waals surface area contributed by atoms with Crippen LogP contribution in [0.1, 0.15) is 93.9 Å². The molecule has 0 atom stereocenters. The van der Waals surface area contributed by atoms with Crippen molar-refractivity contribution in [2.45, 2.75) is 110 Å². The highest BCUT2D eigenvalue weighted by Crippen LogP contribution is 2.60. The zero-order chi connectivity index (χ0) is 16.5. The Hall–Kier alpha value is 0.130. The lowest BCUT2D eigenvalue weighted by atomic mass is 9.30. The molecule has 0 N–H and O–H groups in total. The summed E-state index contributed by atoms with van der Waals surface area (Å²) < 4.78 is 0. The standard InChI is InChI=1S/C19H40B2/c1-15(2)18(8)11-9-13-19(20,14-10-12-18)17(6,7)21-16(3,4)5/h15,21H,9-14,20H2,1-8H3. The molecule has 1 aliphatic rings. The maximum Gasteiger partial charge on any atom is 0.133 e. The van der Waals surface area contributed by atoms with E-state index in [0.717, 1.165) is 5.92 Å². The van der Waals surface area contributed by atoms with E-state index in [1.807, 2.05) is 0 Å². The summed E-state index contributed by atoms with van der Waals surface area (Å²) in [6, 6.07) is 0. The maximum absolute atomic E-state index is 2.58. The van der Waals surface area contributed by atoms with E-state index in [9.17, 15) is 0 Å². The molecule has 0 aliphatic heterocycles. The molecule has 1 fully saturated rings. The Labute approximate surface area is 136 Å². The van der Waals surface area contributed by atoms with Crippen molar-refractivity contribution in [3.63, 3.8) is 0 Å². The van der Waals surface area contributed by atoms with Crippen LogP contribution in [0.25, 0.3) is 0 Å². The van der Waals surface area contributed by atoms with E-state index in [1.54, 1.807) is 0 Å². The quantitative estimate of drug-likeness (QED) is 0.589. The second kappa shape index (κ2) is 6.32. The summed E-state index contributed by atoms with van der Waals surface area (Å²) in [5.41, 5.74) is 0.579. The van der Waals surface area contributed by atoms with Crippen LogP contribution in [0.15, 0.2) is 0 Å². The molecule has 1 aliphatic carbocycles. The summed E-state index contributed by atoms with van der Waals surface area (Å²) in [6.45, 7) is 19.6. The molecular weight excluding hydrogens is 250 g/mol. The van der Waals surface area contributed by atoms with Crippen LogP contribution in [0.2, 0.25) is 15.9 Å². The molecule has 0 nitrogen and oxygen atoms in total. The summed E-state index contributed by atoms with van der Waals surface area (Å²) in [7, 11) is 3.91. The number of hydrogen-bond acceptors (Lipinski definition) is 0. The van der Waals surface area contributed by atoms with E-state index in [-0.39, 0.29) is 0 Å². The van der Waals surface area contributed by atoms with Crippen molar-refractivity contribution in [1.82, 2.24) is 0 Å². The lowest BCUT2D eigenvalue weighted by Crippen LogP contribution is -2.37. The van der Waals surface area contributed by atoms with E-state index in [2.05, 4.69) is 63.2 Å². The first-order chi connectivity index (χ1) is 9.31. The van der Waals surface area contributed by atoms with Gasteiger partial charge in [0.2, 0.25) is 0 Å². The van der Waals surface area contributed by atoms with Gasteiger partial charge in [-0.05, 0) is 24.2 Å². The van der Waals surface area contributed by atoms with Crippen molar-refractivity contribution in [2.24, 2.45) is 11.3 Å². The van der Waals surface area contributed by atoms with Crippen molar-refractivity contribution in [3.8, 4) is 0 Å². The van der Waals surface area contributed by atoms with Crippen LogP contribution in [0, 0.1) is 11.3 Å². The molecule has 21 heavy (non-hydrogen) atoms. The van der Waals surface area contributed by atoms with Crippen molar-refractivity contribution in [2.75, 3.05) is 0 Å². The molecule has 0 radical (unpaired) electrons. The minimum absolute atomic E-state index is 0.432. The average molecular weight is 290 g/mol. The summed E-state index contributed by atoms with van der Waals surface area (Å²) in [6.07, 6.45) is 8.51. The average Bonchev–Trinajstić information content (AvgIpc) is 2.22. The highest BCUT2D eigenvalue weighted by Gasteiger charge is 2.44. The Morgan fingerprint density at radius 2 is 1.33 bits per heavy atom. The highest BCUT2D eigenvalue weighted by molar-refractivity contribution is 6.46. The van der Waals surface area contributed by atoms with Crippen molar-refractivity contribution in [3.05, 3.63) is 0 Å². The summed E-state index contributed by atoms with van der Waals surface area (Å²) >= 11 is 0. The van der Waals surface area contributed by atoms with Crippen LogP contribution in [-0.4, -0.2) is 15.1 Å². The van der Waals surface area contributed by atoms with Crippen LogP contribution in [-0.2, 0) is 0 Å². The molecule has 1 rings (SSSR count). The lowest BCUT2D eigenvalue weighted by molar-refractivity contribution is 0.143. The molecule has 1 saturated carbocycles. The van der Waals surface area contributed by atoms with Crippen molar-refractivity contribution in [1.29, 1.82) is 0 Å². The second-order valence-electron chi connectivity index (χ2n) is 10.7. The molecule has 0 aromatic carbocycles. The number of rotatable bonds is 3. The third kappa shape index (κ3) is 4.80. The first kappa shape index (κ1) is 19.2. The zero-order valence-electron chi connectivity index (χ0n) is 16.5. The van der Waals surface area contributed by atoms with Gasteiger partial charge in [-0.2, -0.15) is 0 Å².